The lowest BCUT2D eigenvalue weighted by Crippen LogP contribution is -2.05. The fourth-order valence-electron chi connectivity index (χ4n) is 2.37. The molecule has 0 amide bonds. The number of methoxy groups -OCH3 is 2. The van der Waals surface area contributed by atoms with Gasteiger partial charge in [0.2, 0.25) is 0 Å². The normalized spacial score (nSPS) is 16.2. The van der Waals surface area contributed by atoms with Crippen molar-refractivity contribution in [2.75, 3.05) is 14.2 Å². The Balaban J connectivity index is 2.04. The van der Waals surface area contributed by atoms with Gasteiger partial charge in [-0.15, -0.1) is 11.3 Å². The number of ether oxygens (including phenoxy) is 3. The van der Waals surface area contributed by atoms with Crippen molar-refractivity contribution in [2.45, 2.75) is 19.4 Å². The molecule has 0 spiro atoms. The molecule has 110 valence electrons. The minimum atomic E-state index is -0.385. The molecule has 6 heteroatoms. The summed E-state index contributed by atoms with van der Waals surface area (Å²) >= 11 is 1.27. The average molecular weight is 305 g/mol. The van der Waals surface area contributed by atoms with Gasteiger partial charge >= 0.3 is 5.97 Å². The van der Waals surface area contributed by atoms with Gasteiger partial charge in [0.1, 0.15) is 27.5 Å². The van der Waals surface area contributed by atoms with Crippen molar-refractivity contribution in [1.29, 1.82) is 0 Å². The number of aromatic nitrogens is 1. The third kappa shape index (κ3) is 2.47. The molecule has 1 unspecified atom stereocenters. The SMILES string of the molecule is COC(=O)c1cnc(-c2cc3c(cc2OC)CC(C)O3)s1. The van der Waals surface area contributed by atoms with E-state index in [-0.39, 0.29) is 12.1 Å². The molecule has 0 saturated carbocycles. The van der Waals surface area contributed by atoms with Gasteiger partial charge < -0.3 is 14.2 Å². The summed E-state index contributed by atoms with van der Waals surface area (Å²) in [5.74, 6) is 1.20. The highest BCUT2D eigenvalue weighted by atomic mass is 32.1. The Morgan fingerprint density at radius 3 is 2.95 bits per heavy atom. The van der Waals surface area contributed by atoms with Gasteiger partial charge in [-0.3, -0.25) is 0 Å². The summed E-state index contributed by atoms with van der Waals surface area (Å²) in [5.41, 5.74) is 1.96. The highest BCUT2D eigenvalue weighted by Gasteiger charge is 2.23. The Labute approximate surface area is 126 Å². The maximum Gasteiger partial charge on any atom is 0.349 e. The number of carbonyl (C=O) groups is 1. The van der Waals surface area contributed by atoms with Crippen LogP contribution in [-0.4, -0.2) is 31.3 Å². The van der Waals surface area contributed by atoms with Crippen LogP contribution in [0.1, 0.15) is 22.2 Å². The van der Waals surface area contributed by atoms with E-state index in [2.05, 4.69) is 4.98 Å². The smallest absolute Gasteiger partial charge is 0.349 e. The van der Waals surface area contributed by atoms with E-state index in [0.717, 1.165) is 29.0 Å². The number of carbonyl (C=O) groups excluding carboxylic acids is 1. The van der Waals surface area contributed by atoms with E-state index in [1.54, 1.807) is 7.11 Å². The lowest BCUT2D eigenvalue weighted by atomic mass is 10.1. The van der Waals surface area contributed by atoms with Gasteiger partial charge in [-0.1, -0.05) is 0 Å². The van der Waals surface area contributed by atoms with Crippen LogP contribution in [0.3, 0.4) is 0 Å². The maximum atomic E-state index is 11.5. The molecule has 2 aromatic rings. The highest BCUT2D eigenvalue weighted by molar-refractivity contribution is 7.16. The third-order valence-corrected chi connectivity index (χ3v) is 4.35. The number of hydrogen-bond donors (Lipinski definition) is 0. The van der Waals surface area contributed by atoms with Crippen LogP contribution in [0.15, 0.2) is 18.3 Å². The molecule has 0 aliphatic carbocycles. The van der Waals surface area contributed by atoms with Gasteiger partial charge in [0.25, 0.3) is 0 Å². The molecule has 0 radical (unpaired) electrons. The molecule has 0 bridgehead atoms. The second-order valence-corrected chi connectivity index (χ2v) is 5.84. The van der Waals surface area contributed by atoms with Crippen molar-refractivity contribution in [3.05, 3.63) is 28.8 Å². The van der Waals surface area contributed by atoms with Crippen LogP contribution in [0, 0.1) is 0 Å². The molecule has 5 nitrogen and oxygen atoms in total. The van der Waals surface area contributed by atoms with Crippen LogP contribution >= 0.6 is 11.3 Å². The van der Waals surface area contributed by atoms with Crippen LogP contribution in [-0.2, 0) is 11.2 Å². The Morgan fingerprint density at radius 2 is 2.24 bits per heavy atom. The van der Waals surface area contributed by atoms with E-state index in [0.29, 0.717) is 9.88 Å². The molecule has 1 aliphatic heterocycles. The number of benzene rings is 1. The Morgan fingerprint density at radius 1 is 1.43 bits per heavy atom. The second-order valence-electron chi connectivity index (χ2n) is 4.81. The average Bonchev–Trinajstić information content (AvgIpc) is 3.09. The molecular formula is C15H15NO4S. The van der Waals surface area contributed by atoms with E-state index in [1.807, 2.05) is 19.1 Å². The Hall–Kier alpha value is -2.08. The maximum absolute atomic E-state index is 11.5. The lowest BCUT2D eigenvalue weighted by Gasteiger charge is -2.09. The van der Waals surface area contributed by atoms with E-state index >= 15 is 0 Å². The molecule has 3 rings (SSSR count). The van der Waals surface area contributed by atoms with E-state index in [9.17, 15) is 4.79 Å². The van der Waals surface area contributed by atoms with Crippen molar-refractivity contribution in [1.82, 2.24) is 4.98 Å². The van der Waals surface area contributed by atoms with E-state index in [4.69, 9.17) is 14.2 Å². The number of fused-ring (bicyclic) bond motifs is 1. The van der Waals surface area contributed by atoms with Gasteiger partial charge in [-0.05, 0) is 19.1 Å². The van der Waals surface area contributed by atoms with Crippen molar-refractivity contribution < 1.29 is 19.0 Å². The lowest BCUT2D eigenvalue weighted by molar-refractivity contribution is 0.0606. The van der Waals surface area contributed by atoms with E-state index in [1.165, 1.54) is 24.6 Å². The summed E-state index contributed by atoms with van der Waals surface area (Å²) in [6.07, 6.45) is 2.56. The number of hydrogen-bond acceptors (Lipinski definition) is 6. The zero-order valence-electron chi connectivity index (χ0n) is 12.0. The Kier molecular flexibility index (Phi) is 3.55. The third-order valence-electron chi connectivity index (χ3n) is 3.34. The number of nitrogens with zero attached hydrogens (tertiary/aromatic N) is 1. The first kappa shape index (κ1) is 13.9. The van der Waals surface area contributed by atoms with Gasteiger partial charge in [0, 0.05) is 12.0 Å². The van der Waals surface area contributed by atoms with Crippen LogP contribution < -0.4 is 9.47 Å². The highest BCUT2D eigenvalue weighted by Crippen LogP contribution is 2.41. The second kappa shape index (κ2) is 5.37. The van der Waals surface area contributed by atoms with Crippen LogP contribution in [0.2, 0.25) is 0 Å². The topological polar surface area (TPSA) is 57.7 Å². The molecule has 1 aromatic carbocycles. The number of rotatable bonds is 3. The van der Waals surface area contributed by atoms with Gasteiger partial charge in [-0.25, -0.2) is 9.78 Å². The fourth-order valence-corrected chi connectivity index (χ4v) is 3.22. The standard InChI is InChI=1S/C15H15NO4S/c1-8-4-9-5-12(18-2)10(6-11(9)20-8)14-16-7-13(21-14)15(17)19-3/h5-8H,4H2,1-3H3. The van der Waals surface area contributed by atoms with E-state index < -0.39 is 0 Å². The molecule has 0 saturated heterocycles. The van der Waals surface area contributed by atoms with Crippen LogP contribution in [0.4, 0.5) is 0 Å². The van der Waals surface area contributed by atoms with Crippen molar-refractivity contribution in [3.8, 4) is 22.1 Å². The summed E-state index contributed by atoms with van der Waals surface area (Å²) in [7, 11) is 2.98. The molecule has 21 heavy (non-hydrogen) atoms. The zero-order chi connectivity index (χ0) is 15.0. The summed E-state index contributed by atoms with van der Waals surface area (Å²) in [5, 5.41) is 0.707. The molecule has 0 N–H and O–H groups in total. The van der Waals surface area contributed by atoms with Crippen LogP contribution in [0.25, 0.3) is 10.6 Å². The summed E-state index contributed by atoms with van der Waals surface area (Å²) in [6, 6.07) is 3.91. The monoisotopic (exact) mass is 305 g/mol. The molecule has 2 heterocycles. The first-order valence-corrected chi connectivity index (χ1v) is 7.36. The van der Waals surface area contributed by atoms with Crippen molar-refractivity contribution >= 4 is 17.3 Å². The van der Waals surface area contributed by atoms with Gasteiger partial charge in [-0.2, -0.15) is 0 Å². The summed E-state index contributed by atoms with van der Waals surface area (Å²) < 4.78 is 15.9. The first-order chi connectivity index (χ1) is 10.1. The van der Waals surface area contributed by atoms with Gasteiger partial charge in [0.05, 0.1) is 26.0 Å². The molecule has 1 aromatic heterocycles. The predicted octanol–water partition coefficient (Wildman–Crippen LogP) is 2.93. The van der Waals surface area contributed by atoms with Crippen molar-refractivity contribution in [2.24, 2.45) is 0 Å². The minimum Gasteiger partial charge on any atom is -0.496 e. The molecule has 1 aliphatic rings. The molecule has 1 atom stereocenters. The minimum absolute atomic E-state index is 0.168. The molecular weight excluding hydrogens is 290 g/mol. The first-order valence-electron chi connectivity index (χ1n) is 6.54. The van der Waals surface area contributed by atoms with Gasteiger partial charge in [0.15, 0.2) is 0 Å². The number of thiazole rings is 1. The quantitative estimate of drug-likeness (QED) is 0.816. The summed E-state index contributed by atoms with van der Waals surface area (Å²) in [4.78, 5) is 16.3. The number of esters is 1. The Bertz CT molecular complexity index is 695. The molecule has 0 fully saturated rings. The van der Waals surface area contributed by atoms with Crippen LogP contribution in [0.5, 0.6) is 11.5 Å². The zero-order valence-corrected chi connectivity index (χ0v) is 12.8. The predicted molar refractivity (Wildman–Crippen MR) is 79.2 cm³/mol. The largest absolute Gasteiger partial charge is 0.496 e. The summed E-state index contributed by atoms with van der Waals surface area (Å²) in [6.45, 7) is 2.03. The van der Waals surface area contributed by atoms with Crippen molar-refractivity contribution in [3.63, 3.8) is 0 Å². The fraction of sp³-hybridized carbons (Fsp3) is 0.333.